The lowest BCUT2D eigenvalue weighted by Crippen LogP contribution is -1.87. The van der Waals surface area contributed by atoms with Gasteiger partial charge in [-0.05, 0) is 24.3 Å². The molecule has 3 nitrogen and oxygen atoms in total. The molecule has 18 heavy (non-hydrogen) atoms. The second-order valence-corrected chi connectivity index (χ2v) is 5.83. The van der Waals surface area contributed by atoms with Gasteiger partial charge in [-0.2, -0.15) is 0 Å². The van der Waals surface area contributed by atoms with E-state index in [1.165, 1.54) is 12.1 Å². The first kappa shape index (κ1) is 14.5. The second-order valence-electron chi connectivity index (χ2n) is 3.27. The lowest BCUT2D eigenvalue weighted by molar-refractivity contribution is 0.415. The van der Waals surface area contributed by atoms with Crippen LogP contribution in [0.3, 0.4) is 0 Å². The number of halogens is 1. The zero-order valence-corrected chi connectivity index (χ0v) is 11.4. The van der Waals surface area contributed by atoms with Gasteiger partial charge in [0, 0.05) is 10.7 Å². The molecule has 0 aliphatic carbocycles. The molecule has 0 bridgehead atoms. The van der Waals surface area contributed by atoms with Gasteiger partial charge < -0.3 is 4.74 Å². The summed E-state index contributed by atoms with van der Waals surface area (Å²) in [5.41, 5.74) is 0. The molecule has 0 saturated heterocycles. The van der Waals surface area contributed by atoms with Crippen LogP contribution in [-0.4, -0.2) is 15.5 Å². The predicted octanol–water partition coefficient (Wildman–Crippen LogP) is 3.31. The molecule has 96 valence electrons. The SMILES string of the molecule is COc1ccccc1.O=S(=O)(Cl)c1ccccc1. The first-order valence-electron chi connectivity index (χ1n) is 5.13. The van der Waals surface area contributed by atoms with Gasteiger partial charge in [-0.15, -0.1) is 0 Å². The highest BCUT2D eigenvalue weighted by molar-refractivity contribution is 8.13. The standard InChI is InChI=1S/C7H8O.C6H5ClO2S/c1-8-7-5-3-2-4-6-7;7-10(8,9)6-4-2-1-3-5-6/h2-6H,1H3;1-5H. The van der Waals surface area contributed by atoms with E-state index in [0.717, 1.165) is 5.75 Å². The third-order valence-electron chi connectivity index (χ3n) is 2.00. The van der Waals surface area contributed by atoms with Crippen LogP contribution in [0.5, 0.6) is 5.75 Å². The number of methoxy groups -OCH3 is 1. The maximum Gasteiger partial charge on any atom is 0.261 e. The van der Waals surface area contributed by atoms with Gasteiger partial charge in [0.15, 0.2) is 0 Å². The van der Waals surface area contributed by atoms with Crippen LogP contribution in [-0.2, 0) is 9.05 Å². The van der Waals surface area contributed by atoms with Crippen molar-refractivity contribution in [3.05, 3.63) is 60.7 Å². The van der Waals surface area contributed by atoms with Gasteiger partial charge in [0.2, 0.25) is 0 Å². The zero-order chi connectivity index (χ0) is 13.4. The predicted molar refractivity (Wildman–Crippen MR) is 72.5 cm³/mol. The minimum Gasteiger partial charge on any atom is -0.497 e. The van der Waals surface area contributed by atoms with Crippen LogP contribution >= 0.6 is 10.7 Å². The number of hydrogen-bond acceptors (Lipinski definition) is 3. The van der Waals surface area contributed by atoms with Gasteiger partial charge in [-0.3, -0.25) is 0 Å². The van der Waals surface area contributed by atoms with Crippen molar-refractivity contribution in [3.8, 4) is 5.75 Å². The van der Waals surface area contributed by atoms with E-state index < -0.39 is 9.05 Å². The van der Waals surface area contributed by atoms with Crippen LogP contribution < -0.4 is 4.74 Å². The summed E-state index contributed by atoms with van der Waals surface area (Å²) < 4.78 is 26.1. The highest BCUT2D eigenvalue weighted by Crippen LogP contribution is 2.12. The van der Waals surface area contributed by atoms with Crippen LogP contribution in [0, 0.1) is 0 Å². The minimum atomic E-state index is -3.53. The van der Waals surface area contributed by atoms with Gasteiger partial charge in [-0.1, -0.05) is 36.4 Å². The maximum atomic E-state index is 10.6. The number of rotatable bonds is 2. The van der Waals surface area contributed by atoms with E-state index in [9.17, 15) is 8.42 Å². The molecule has 0 aliphatic rings. The molecule has 5 heteroatoms. The fraction of sp³-hybridized carbons (Fsp3) is 0.0769. The fourth-order valence-electron chi connectivity index (χ4n) is 1.14. The largest absolute Gasteiger partial charge is 0.497 e. The van der Waals surface area contributed by atoms with Crippen molar-refractivity contribution in [2.45, 2.75) is 4.90 Å². The molecule has 0 atom stereocenters. The summed E-state index contributed by atoms with van der Waals surface area (Å²) in [6, 6.07) is 17.5. The Morgan fingerprint density at radius 3 is 1.61 bits per heavy atom. The number of ether oxygens (including phenoxy) is 1. The lowest BCUT2D eigenvalue weighted by atomic mass is 10.3. The van der Waals surface area contributed by atoms with Crippen molar-refractivity contribution in [2.24, 2.45) is 0 Å². The Bertz CT molecular complexity index is 553. The van der Waals surface area contributed by atoms with Gasteiger partial charge in [0.05, 0.1) is 12.0 Å². The Kier molecular flexibility index (Phi) is 5.68. The second kappa shape index (κ2) is 7.03. The molecule has 0 heterocycles. The van der Waals surface area contributed by atoms with E-state index in [0.29, 0.717) is 0 Å². The molecule has 0 saturated carbocycles. The molecular formula is C13H13ClO3S. The Balaban J connectivity index is 0.000000184. The normalized spacial score (nSPS) is 10.1. The molecule has 0 aromatic heterocycles. The number of para-hydroxylation sites is 1. The Hall–Kier alpha value is -1.52. The average molecular weight is 285 g/mol. The van der Waals surface area contributed by atoms with Gasteiger partial charge in [-0.25, -0.2) is 8.42 Å². The third-order valence-corrected chi connectivity index (χ3v) is 3.37. The molecule has 0 N–H and O–H groups in total. The summed E-state index contributed by atoms with van der Waals surface area (Å²) in [6.45, 7) is 0. The first-order chi connectivity index (χ1) is 8.54. The molecule has 0 spiro atoms. The quantitative estimate of drug-likeness (QED) is 0.795. The van der Waals surface area contributed by atoms with Crippen molar-refractivity contribution in [2.75, 3.05) is 7.11 Å². The molecule has 0 unspecified atom stereocenters. The molecule has 2 rings (SSSR count). The molecular weight excluding hydrogens is 272 g/mol. The van der Waals surface area contributed by atoms with E-state index in [1.807, 2.05) is 30.3 Å². The Labute approximate surface area is 111 Å². The zero-order valence-electron chi connectivity index (χ0n) is 9.78. The average Bonchev–Trinajstić information content (AvgIpc) is 2.40. The van der Waals surface area contributed by atoms with Crippen molar-refractivity contribution >= 4 is 19.7 Å². The van der Waals surface area contributed by atoms with Crippen LogP contribution in [0.25, 0.3) is 0 Å². The van der Waals surface area contributed by atoms with Crippen LogP contribution in [0.1, 0.15) is 0 Å². The van der Waals surface area contributed by atoms with E-state index in [4.69, 9.17) is 15.4 Å². The van der Waals surface area contributed by atoms with E-state index >= 15 is 0 Å². The van der Waals surface area contributed by atoms with Crippen molar-refractivity contribution < 1.29 is 13.2 Å². The highest BCUT2D eigenvalue weighted by Gasteiger charge is 2.06. The molecule has 0 fully saturated rings. The van der Waals surface area contributed by atoms with Crippen LogP contribution in [0.15, 0.2) is 65.6 Å². The topological polar surface area (TPSA) is 43.4 Å². The van der Waals surface area contributed by atoms with E-state index in [1.54, 1.807) is 25.3 Å². The first-order valence-corrected chi connectivity index (χ1v) is 7.43. The lowest BCUT2D eigenvalue weighted by Gasteiger charge is -1.93. The number of hydrogen-bond donors (Lipinski definition) is 0. The molecule has 2 aromatic carbocycles. The van der Waals surface area contributed by atoms with Gasteiger partial charge in [0.25, 0.3) is 9.05 Å². The summed E-state index contributed by atoms with van der Waals surface area (Å²) in [5.74, 6) is 0.910. The molecule has 0 radical (unpaired) electrons. The van der Waals surface area contributed by atoms with E-state index in [-0.39, 0.29) is 4.90 Å². The van der Waals surface area contributed by atoms with Crippen molar-refractivity contribution in [3.63, 3.8) is 0 Å². The van der Waals surface area contributed by atoms with E-state index in [2.05, 4.69) is 0 Å². The summed E-state index contributed by atoms with van der Waals surface area (Å²) in [5, 5.41) is 0. The fourth-order valence-corrected chi connectivity index (χ4v) is 1.93. The van der Waals surface area contributed by atoms with Crippen molar-refractivity contribution in [1.82, 2.24) is 0 Å². The third kappa shape index (κ3) is 5.21. The minimum absolute atomic E-state index is 0.136. The number of benzene rings is 2. The molecule has 0 aliphatic heterocycles. The molecule has 2 aromatic rings. The smallest absolute Gasteiger partial charge is 0.261 e. The van der Waals surface area contributed by atoms with Gasteiger partial charge in [0.1, 0.15) is 5.75 Å². The van der Waals surface area contributed by atoms with Crippen LogP contribution in [0.4, 0.5) is 0 Å². The Morgan fingerprint density at radius 2 is 1.33 bits per heavy atom. The summed E-state index contributed by atoms with van der Waals surface area (Å²) in [7, 11) is 3.16. The van der Waals surface area contributed by atoms with Gasteiger partial charge >= 0.3 is 0 Å². The maximum absolute atomic E-state index is 10.6. The molecule has 0 amide bonds. The monoisotopic (exact) mass is 284 g/mol. The highest BCUT2D eigenvalue weighted by atomic mass is 35.7. The summed E-state index contributed by atoms with van der Waals surface area (Å²) in [4.78, 5) is 0.136. The van der Waals surface area contributed by atoms with Crippen molar-refractivity contribution in [1.29, 1.82) is 0 Å². The summed E-state index contributed by atoms with van der Waals surface area (Å²) in [6.07, 6.45) is 0. The van der Waals surface area contributed by atoms with Crippen LogP contribution in [0.2, 0.25) is 0 Å². The Morgan fingerprint density at radius 1 is 0.889 bits per heavy atom. The summed E-state index contributed by atoms with van der Waals surface area (Å²) >= 11 is 0.